The van der Waals surface area contributed by atoms with Gasteiger partial charge in [0.1, 0.15) is 12.5 Å². The first-order chi connectivity index (χ1) is 11.0. The molecule has 1 N–H and O–H groups in total. The largest absolute Gasteiger partial charge is 0.394 e. The van der Waals surface area contributed by atoms with Crippen LogP contribution >= 0.6 is 0 Å². The average Bonchev–Trinajstić information content (AvgIpc) is 2.94. The quantitative estimate of drug-likeness (QED) is 0.266. The first-order valence-corrected chi connectivity index (χ1v) is 6.80. The van der Waals surface area contributed by atoms with Crippen molar-refractivity contribution in [1.29, 1.82) is 0 Å². The van der Waals surface area contributed by atoms with Gasteiger partial charge in [-0.2, -0.15) is 0 Å². The van der Waals surface area contributed by atoms with Gasteiger partial charge in [-0.05, 0) is 18.5 Å². The van der Waals surface area contributed by atoms with Crippen molar-refractivity contribution in [2.45, 2.75) is 31.7 Å². The van der Waals surface area contributed by atoms with Gasteiger partial charge in [0.2, 0.25) is 0 Å². The number of aliphatic hydroxyl groups excluding tert-OH is 1. The van der Waals surface area contributed by atoms with Crippen LogP contribution in [0.5, 0.6) is 0 Å². The maximum Gasteiger partial charge on any atom is 0.337 e. The lowest BCUT2D eigenvalue weighted by Gasteiger charge is -2.16. The lowest BCUT2D eigenvalue weighted by Crippen LogP contribution is -2.39. The SMILES string of the molecule is Cc1cn(C2CC(N=[N+]=[N-])C(CO)O2)c(=O)n(/C=C/C=O)c1=O. The van der Waals surface area contributed by atoms with Crippen molar-refractivity contribution in [3.05, 3.63) is 49.1 Å². The molecule has 2 heterocycles. The Hall–Kier alpha value is -2.68. The van der Waals surface area contributed by atoms with E-state index in [0.29, 0.717) is 6.29 Å². The van der Waals surface area contributed by atoms with Crippen LogP contribution in [0.2, 0.25) is 0 Å². The molecule has 0 radical (unpaired) electrons. The van der Waals surface area contributed by atoms with E-state index in [0.717, 1.165) is 16.8 Å². The van der Waals surface area contributed by atoms with Crippen LogP contribution in [0.3, 0.4) is 0 Å². The van der Waals surface area contributed by atoms with Gasteiger partial charge < -0.3 is 9.84 Å². The Kier molecular flexibility index (Phi) is 5.12. The van der Waals surface area contributed by atoms with Crippen molar-refractivity contribution in [2.24, 2.45) is 5.11 Å². The maximum atomic E-state index is 12.4. The topological polar surface area (TPSA) is 139 Å². The lowest BCUT2D eigenvalue weighted by molar-refractivity contribution is -0.104. The minimum Gasteiger partial charge on any atom is -0.394 e. The van der Waals surface area contributed by atoms with E-state index < -0.39 is 29.6 Å². The molecule has 1 aliphatic heterocycles. The van der Waals surface area contributed by atoms with Gasteiger partial charge in [0.25, 0.3) is 5.56 Å². The molecule has 0 aliphatic carbocycles. The summed E-state index contributed by atoms with van der Waals surface area (Å²) >= 11 is 0. The second-order valence-electron chi connectivity index (χ2n) is 4.97. The van der Waals surface area contributed by atoms with Crippen molar-refractivity contribution >= 4 is 12.5 Å². The number of allylic oxidation sites excluding steroid dienone is 1. The third-order valence-electron chi connectivity index (χ3n) is 3.52. The number of aryl methyl sites for hydroxylation is 1. The van der Waals surface area contributed by atoms with Gasteiger partial charge >= 0.3 is 5.69 Å². The minimum atomic E-state index is -0.787. The van der Waals surface area contributed by atoms with E-state index in [4.69, 9.17) is 10.3 Å². The molecule has 1 aliphatic rings. The smallest absolute Gasteiger partial charge is 0.337 e. The molecule has 3 atom stereocenters. The molecular weight excluding hydrogens is 306 g/mol. The number of nitrogens with zero attached hydrogens (tertiary/aromatic N) is 5. The molecule has 0 spiro atoms. The zero-order chi connectivity index (χ0) is 17.0. The molecule has 122 valence electrons. The Labute approximate surface area is 129 Å². The molecule has 1 aromatic rings. The van der Waals surface area contributed by atoms with E-state index in [1.54, 1.807) is 0 Å². The summed E-state index contributed by atoms with van der Waals surface area (Å²) in [7, 11) is 0. The van der Waals surface area contributed by atoms with Crippen molar-refractivity contribution in [2.75, 3.05) is 6.61 Å². The third kappa shape index (κ3) is 3.24. The molecule has 0 aromatic carbocycles. The van der Waals surface area contributed by atoms with Crippen molar-refractivity contribution in [3.63, 3.8) is 0 Å². The van der Waals surface area contributed by atoms with Crippen molar-refractivity contribution in [1.82, 2.24) is 9.13 Å². The van der Waals surface area contributed by atoms with E-state index in [9.17, 15) is 19.5 Å². The number of azide groups is 1. The zero-order valence-corrected chi connectivity index (χ0v) is 12.3. The molecule has 10 heteroatoms. The fourth-order valence-corrected chi connectivity index (χ4v) is 2.42. The molecule has 3 unspecified atom stereocenters. The molecule has 1 saturated heterocycles. The number of aliphatic hydroxyl groups is 1. The molecular formula is C13H15N5O5. The van der Waals surface area contributed by atoms with Crippen molar-refractivity contribution in [3.8, 4) is 0 Å². The first kappa shape index (κ1) is 16.7. The normalized spacial score (nSPS) is 23.8. The van der Waals surface area contributed by atoms with Gasteiger partial charge in [0.15, 0.2) is 0 Å². The lowest BCUT2D eigenvalue weighted by atomic mass is 10.1. The Morgan fingerprint density at radius 3 is 2.91 bits per heavy atom. The Balaban J connectivity index is 2.49. The number of carbonyl (C=O) groups excluding carboxylic acids is 1. The van der Waals surface area contributed by atoms with Crippen LogP contribution in [0.4, 0.5) is 0 Å². The van der Waals surface area contributed by atoms with Crippen LogP contribution < -0.4 is 11.2 Å². The number of aldehydes is 1. The van der Waals surface area contributed by atoms with E-state index in [1.165, 1.54) is 17.7 Å². The van der Waals surface area contributed by atoms with Crippen LogP contribution in [0, 0.1) is 6.92 Å². The van der Waals surface area contributed by atoms with E-state index >= 15 is 0 Å². The average molecular weight is 321 g/mol. The van der Waals surface area contributed by atoms with E-state index in [2.05, 4.69) is 10.0 Å². The van der Waals surface area contributed by atoms with Crippen LogP contribution in [-0.4, -0.2) is 39.3 Å². The van der Waals surface area contributed by atoms with Crippen LogP contribution in [-0.2, 0) is 9.53 Å². The van der Waals surface area contributed by atoms with Crippen LogP contribution in [0.15, 0.2) is 27.0 Å². The highest BCUT2D eigenvalue weighted by Crippen LogP contribution is 2.29. The van der Waals surface area contributed by atoms with Gasteiger partial charge in [-0.3, -0.25) is 14.2 Å². The van der Waals surface area contributed by atoms with E-state index in [1.807, 2.05) is 0 Å². The highest BCUT2D eigenvalue weighted by Gasteiger charge is 2.36. The summed E-state index contributed by atoms with van der Waals surface area (Å²) in [5.74, 6) is 0. The number of hydrogen-bond acceptors (Lipinski definition) is 6. The molecule has 0 amide bonds. The summed E-state index contributed by atoms with van der Waals surface area (Å²) in [4.78, 5) is 37.5. The molecule has 0 bridgehead atoms. The number of rotatable bonds is 5. The summed E-state index contributed by atoms with van der Waals surface area (Å²) in [5, 5.41) is 12.8. The third-order valence-corrected chi connectivity index (χ3v) is 3.52. The Bertz CT molecular complexity index is 789. The molecule has 1 aromatic heterocycles. The highest BCUT2D eigenvalue weighted by atomic mass is 16.5. The molecule has 1 fully saturated rings. The standard InChI is InChI=1S/C13H15N5O5/c1-8-6-18(13(22)17(12(8)21)3-2-4-19)11-5-9(15-16-14)10(7-20)23-11/h2-4,6,9-11,20H,5,7H2,1H3/b3-2+. The summed E-state index contributed by atoms with van der Waals surface area (Å²) in [5.41, 5.74) is 7.57. The summed E-state index contributed by atoms with van der Waals surface area (Å²) < 4.78 is 7.51. The number of ether oxygens (including phenoxy) is 1. The molecule has 2 rings (SSSR count). The van der Waals surface area contributed by atoms with Gasteiger partial charge in [0, 0.05) is 29.3 Å². The van der Waals surface area contributed by atoms with E-state index in [-0.39, 0.29) is 18.6 Å². The molecule has 10 nitrogen and oxygen atoms in total. The fourth-order valence-electron chi connectivity index (χ4n) is 2.42. The second kappa shape index (κ2) is 7.05. The van der Waals surface area contributed by atoms with Crippen LogP contribution in [0.25, 0.3) is 16.6 Å². The zero-order valence-electron chi connectivity index (χ0n) is 12.3. The second-order valence-corrected chi connectivity index (χ2v) is 4.97. The van der Waals surface area contributed by atoms with Crippen molar-refractivity contribution < 1.29 is 14.6 Å². The predicted molar refractivity (Wildman–Crippen MR) is 79.6 cm³/mol. The van der Waals surface area contributed by atoms with Gasteiger partial charge in [-0.15, -0.1) is 0 Å². The molecule has 23 heavy (non-hydrogen) atoms. The summed E-state index contributed by atoms with van der Waals surface area (Å²) in [6.07, 6.45) is 2.56. The van der Waals surface area contributed by atoms with Gasteiger partial charge in [0.05, 0.1) is 18.8 Å². The maximum absolute atomic E-state index is 12.4. The monoisotopic (exact) mass is 321 g/mol. The highest BCUT2D eigenvalue weighted by molar-refractivity contribution is 5.69. The predicted octanol–water partition coefficient (Wildman–Crippen LogP) is -0.0533. The first-order valence-electron chi connectivity index (χ1n) is 6.80. The van der Waals surface area contributed by atoms with Gasteiger partial charge in [-0.25, -0.2) is 9.36 Å². The Morgan fingerprint density at radius 2 is 2.30 bits per heavy atom. The fraction of sp³-hybridized carbons (Fsp3) is 0.462. The van der Waals surface area contributed by atoms with Crippen LogP contribution in [0.1, 0.15) is 18.2 Å². The number of aromatic nitrogens is 2. The van der Waals surface area contributed by atoms with Gasteiger partial charge in [-0.1, -0.05) is 5.11 Å². The summed E-state index contributed by atoms with van der Waals surface area (Å²) in [6.45, 7) is 1.16. The molecule has 0 saturated carbocycles. The number of carbonyl (C=O) groups is 1. The minimum absolute atomic E-state index is 0.185. The number of hydrogen-bond donors (Lipinski definition) is 1. The Morgan fingerprint density at radius 1 is 1.57 bits per heavy atom. The summed E-state index contributed by atoms with van der Waals surface area (Å²) in [6, 6.07) is -0.617.